The van der Waals surface area contributed by atoms with Gasteiger partial charge in [0.25, 0.3) is 0 Å². The fourth-order valence-corrected chi connectivity index (χ4v) is 1.78. The molecule has 1 rings (SSSR count). The smallest absolute Gasteiger partial charge is 0.307 e. The molecule has 0 saturated carbocycles. The number of nitrogens with zero attached hydrogens (tertiary/aromatic N) is 3. The van der Waals surface area contributed by atoms with Crippen molar-refractivity contribution in [2.75, 3.05) is 20.7 Å². The minimum absolute atomic E-state index is 0.0107. The van der Waals surface area contributed by atoms with Gasteiger partial charge in [0, 0.05) is 23.8 Å². The number of esters is 1. The van der Waals surface area contributed by atoms with Gasteiger partial charge in [-0.3, -0.25) is 9.48 Å². The van der Waals surface area contributed by atoms with Gasteiger partial charge >= 0.3 is 5.97 Å². The average Bonchev–Trinajstić information content (AvgIpc) is 2.75. The monoisotopic (exact) mass is 253 g/mol. The van der Waals surface area contributed by atoms with Crippen LogP contribution in [0.3, 0.4) is 0 Å². The second-order valence-electron chi connectivity index (χ2n) is 4.84. The lowest BCUT2D eigenvalue weighted by molar-refractivity contribution is -0.144. The molecule has 5 nitrogen and oxygen atoms in total. The molecule has 0 amide bonds. The van der Waals surface area contributed by atoms with E-state index < -0.39 is 0 Å². The zero-order valence-corrected chi connectivity index (χ0v) is 11.9. The van der Waals surface area contributed by atoms with E-state index in [1.807, 2.05) is 43.0 Å². The molecule has 5 heteroatoms. The average molecular weight is 253 g/mol. The Labute approximate surface area is 109 Å². The first-order valence-electron chi connectivity index (χ1n) is 6.31. The van der Waals surface area contributed by atoms with Crippen LogP contribution >= 0.6 is 0 Å². The molecule has 1 heterocycles. The molecule has 1 unspecified atom stereocenters. The third-order valence-electron chi connectivity index (χ3n) is 2.82. The van der Waals surface area contributed by atoms with Crippen molar-refractivity contribution in [2.45, 2.75) is 39.3 Å². The van der Waals surface area contributed by atoms with Crippen molar-refractivity contribution in [1.29, 1.82) is 0 Å². The Morgan fingerprint density at radius 2 is 2.17 bits per heavy atom. The molecule has 0 aliphatic rings. The maximum absolute atomic E-state index is 11.6. The predicted molar refractivity (Wildman–Crippen MR) is 70.3 cm³/mol. The molecule has 0 N–H and O–H groups in total. The quantitative estimate of drug-likeness (QED) is 0.728. The van der Waals surface area contributed by atoms with Gasteiger partial charge in [-0.1, -0.05) is 0 Å². The van der Waals surface area contributed by atoms with Crippen molar-refractivity contribution in [3.05, 3.63) is 18.0 Å². The van der Waals surface area contributed by atoms with Gasteiger partial charge in [0.15, 0.2) is 0 Å². The Morgan fingerprint density at radius 3 is 2.61 bits per heavy atom. The van der Waals surface area contributed by atoms with Gasteiger partial charge in [-0.05, 0) is 34.9 Å². The van der Waals surface area contributed by atoms with Gasteiger partial charge in [-0.25, -0.2) is 0 Å². The fourth-order valence-electron chi connectivity index (χ4n) is 1.78. The van der Waals surface area contributed by atoms with Gasteiger partial charge in [-0.15, -0.1) is 0 Å². The molecule has 1 aromatic heterocycles. The highest BCUT2D eigenvalue weighted by Gasteiger charge is 2.20. The van der Waals surface area contributed by atoms with Crippen LogP contribution in [-0.2, 0) is 9.53 Å². The molecule has 0 aromatic carbocycles. The maximum atomic E-state index is 11.6. The van der Waals surface area contributed by atoms with E-state index in [0.717, 1.165) is 5.56 Å². The lowest BCUT2D eigenvalue weighted by Gasteiger charge is -2.22. The van der Waals surface area contributed by atoms with E-state index in [9.17, 15) is 4.79 Å². The molecule has 0 bridgehead atoms. The summed E-state index contributed by atoms with van der Waals surface area (Å²) in [4.78, 5) is 13.6. The van der Waals surface area contributed by atoms with E-state index in [2.05, 4.69) is 18.9 Å². The zero-order chi connectivity index (χ0) is 13.7. The predicted octanol–water partition coefficient (Wildman–Crippen LogP) is 2.02. The van der Waals surface area contributed by atoms with E-state index in [1.54, 1.807) is 0 Å². The van der Waals surface area contributed by atoms with Crippen LogP contribution in [0.25, 0.3) is 0 Å². The van der Waals surface area contributed by atoms with Gasteiger partial charge < -0.3 is 9.64 Å². The van der Waals surface area contributed by atoms with E-state index in [-0.39, 0.29) is 12.0 Å². The molecule has 1 aromatic rings. The number of hydrogen-bond donors (Lipinski definition) is 0. The van der Waals surface area contributed by atoms with Gasteiger partial charge in [0.05, 0.1) is 19.2 Å². The molecule has 102 valence electrons. The molecule has 0 fully saturated rings. The highest BCUT2D eigenvalue weighted by atomic mass is 16.5. The summed E-state index contributed by atoms with van der Waals surface area (Å²) in [7, 11) is 3.91. The minimum atomic E-state index is -0.173. The van der Waals surface area contributed by atoms with E-state index in [1.165, 1.54) is 0 Å². The summed E-state index contributed by atoms with van der Waals surface area (Å²) >= 11 is 0. The van der Waals surface area contributed by atoms with Crippen LogP contribution in [0, 0.1) is 0 Å². The van der Waals surface area contributed by atoms with Crippen molar-refractivity contribution in [3.63, 3.8) is 0 Å². The number of ether oxygens (including phenoxy) is 1. The van der Waals surface area contributed by atoms with E-state index >= 15 is 0 Å². The Bertz CT molecular complexity index is 385. The molecule has 0 radical (unpaired) electrons. The van der Waals surface area contributed by atoms with Crippen LogP contribution < -0.4 is 0 Å². The topological polar surface area (TPSA) is 47.4 Å². The summed E-state index contributed by atoms with van der Waals surface area (Å²) in [6.45, 7) is 6.39. The van der Waals surface area contributed by atoms with Crippen LogP contribution in [0.15, 0.2) is 12.4 Å². The molecule has 0 saturated heterocycles. The summed E-state index contributed by atoms with van der Waals surface area (Å²) < 4.78 is 6.91. The van der Waals surface area contributed by atoms with Crippen molar-refractivity contribution < 1.29 is 9.53 Å². The highest BCUT2D eigenvalue weighted by molar-refractivity contribution is 5.70. The van der Waals surface area contributed by atoms with Crippen LogP contribution in [0.2, 0.25) is 0 Å². The second-order valence-corrected chi connectivity index (χ2v) is 4.84. The first-order chi connectivity index (χ1) is 8.45. The molecule has 1 atom stereocenters. The van der Waals surface area contributed by atoms with Crippen LogP contribution in [0.4, 0.5) is 0 Å². The standard InChI is InChI=1S/C13H23N3O2/c1-6-18-13(17)7-12(15(4)5)11-8-14-16(9-11)10(2)3/h8-10,12H,6-7H2,1-5H3. The van der Waals surface area contributed by atoms with Crippen molar-refractivity contribution in [2.24, 2.45) is 0 Å². The van der Waals surface area contributed by atoms with E-state index in [4.69, 9.17) is 4.74 Å². The van der Waals surface area contributed by atoms with Gasteiger partial charge in [-0.2, -0.15) is 5.10 Å². The highest BCUT2D eigenvalue weighted by Crippen LogP contribution is 2.22. The number of hydrogen-bond acceptors (Lipinski definition) is 4. The number of carbonyl (C=O) groups excluding carboxylic acids is 1. The Kier molecular flexibility index (Phi) is 5.34. The van der Waals surface area contributed by atoms with Gasteiger partial charge in [0.1, 0.15) is 0 Å². The summed E-state index contributed by atoms with van der Waals surface area (Å²) in [5, 5.41) is 4.31. The molecular weight excluding hydrogens is 230 g/mol. The Morgan fingerprint density at radius 1 is 1.50 bits per heavy atom. The third kappa shape index (κ3) is 3.84. The minimum Gasteiger partial charge on any atom is -0.466 e. The van der Waals surface area contributed by atoms with Crippen LogP contribution in [0.5, 0.6) is 0 Å². The largest absolute Gasteiger partial charge is 0.466 e. The van der Waals surface area contributed by atoms with Crippen LogP contribution in [-0.4, -0.2) is 41.4 Å². The first-order valence-corrected chi connectivity index (χ1v) is 6.31. The second kappa shape index (κ2) is 6.54. The normalized spacial score (nSPS) is 13.1. The lowest BCUT2D eigenvalue weighted by atomic mass is 10.1. The van der Waals surface area contributed by atoms with Crippen LogP contribution in [0.1, 0.15) is 44.8 Å². The number of aromatic nitrogens is 2. The van der Waals surface area contributed by atoms with Gasteiger partial charge in [0.2, 0.25) is 0 Å². The van der Waals surface area contributed by atoms with Crippen molar-refractivity contribution >= 4 is 5.97 Å². The molecule has 0 spiro atoms. The summed E-state index contributed by atoms with van der Waals surface area (Å²) in [5.41, 5.74) is 1.04. The summed E-state index contributed by atoms with van der Waals surface area (Å²) in [5.74, 6) is -0.173. The molecule has 0 aliphatic carbocycles. The summed E-state index contributed by atoms with van der Waals surface area (Å²) in [6, 6.07) is 0.334. The summed E-state index contributed by atoms with van der Waals surface area (Å²) in [6.07, 6.45) is 4.17. The molecular formula is C13H23N3O2. The Hall–Kier alpha value is -1.36. The fraction of sp³-hybridized carbons (Fsp3) is 0.692. The Balaban J connectivity index is 2.80. The van der Waals surface area contributed by atoms with Crippen molar-refractivity contribution in [1.82, 2.24) is 14.7 Å². The SMILES string of the molecule is CCOC(=O)CC(c1cnn(C(C)C)c1)N(C)C. The number of carbonyl (C=O) groups is 1. The molecule has 18 heavy (non-hydrogen) atoms. The van der Waals surface area contributed by atoms with E-state index in [0.29, 0.717) is 19.1 Å². The molecule has 0 aliphatic heterocycles. The number of rotatable bonds is 6. The first kappa shape index (κ1) is 14.7. The van der Waals surface area contributed by atoms with Crippen molar-refractivity contribution in [3.8, 4) is 0 Å². The zero-order valence-electron chi connectivity index (χ0n) is 11.9. The lowest BCUT2D eigenvalue weighted by Crippen LogP contribution is -2.23. The maximum Gasteiger partial charge on any atom is 0.307 e. The third-order valence-corrected chi connectivity index (χ3v) is 2.82.